The maximum Gasteiger partial charge on any atom is 0.322 e. The number of aromatic nitrogens is 2. The predicted molar refractivity (Wildman–Crippen MR) is 113 cm³/mol. The highest BCUT2D eigenvalue weighted by molar-refractivity contribution is 5.90. The summed E-state index contributed by atoms with van der Waals surface area (Å²) in [4.78, 5) is 23.8. The Labute approximate surface area is 170 Å². The van der Waals surface area contributed by atoms with Gasteiger partial charge in [0, 0.05) is 36.0 Å². The van der Waals surface area contributed by atoms with Gasteiger partial charge in [-0.2, -0.15) is 0 Å². The van der Waals surface area contributed by atoms with Gasteiger partial charge in [-0.3, -0.25) is 0 Å². The molecule has 0 fully saturated rings. The maximum absolute atomic E-state index is 12.8. The molecule has 1 N–H and O–H groups in total. The van der Waals surface area contributed by atoms with Crippen molar-refractivity contribution in [3.05, 3.63) is 71.0 Å². The summed E-state index contributed by atoms with van der Waals surface area (Å²) in [7, 11) is 1.65. The molecule has 1 aliphatic heterocycles. The molecule has 6 nitrogen and oxygen atoms in total. The number of methoxy groups -OCH3 is 1. The Morgan fingerprint density at radius 2 is 1.93 bits per heavy atom. The van der Waals surface area contributed by atoms with Crippen LogP contribution in [0.15, 0.2) is 48.7 Å². The molecular weight excluding hydrogens is 364 g/mol. The van der Waals surface area contributed by atoms with E-state index in [2.05, 4.69) is 10.3 Å². The molecule has 0 bridgehead atoms. The van der Waals surface area contributed by atoms with Crippen LogP contribution in [0.25, 0.3) is 11.4 Å². The Kier molecular flexibility index (Phi) is 5.16. The van der Waals surface area contributed by atoms with Gasteiger partial charge >= 0.3 is 6.03 Å². The highest BCUT2D eigenvalue weighted by Crippen LogP contribution is 2.24. The summed E-state index contributed by atoms with van der Waals surface area (Å²) >= 11 is 0. The normalized spacial score (nSPS) is 13.0. The summed E-state index contributed by atoms with van der Waals surface area (Å²) in [6, 6.07) is 13.5. The molecule has 6 heteroatoms. The number of hydrogen-bond donors (Lipinski definition) is 1. The number of amides is 2. The number of rotatable bonds is 3. The lowest BCUT2D eigenvalue weighted by Crippen LogP contribution is -2.39. The van der Waals surface area contributed by atoms with Crippen molar-refractivity contribution in [1.29, 1.82) is 0 Å². The Morgan fingerprint density at radius 3 is 2.69 bits per heavy atom. The lowest BCUT2D eigenvalue weighted by atomic mass is 10.1. The molecule has 0 saturated heterocycles. The van der Waals surface area contributed by atoms with Gasteiger partial charge in [-0.15, -0.1) is 0 Å². The van der Waals surface area contributed by atoms with E-state index in [0.717, 1.165) is 39.4 Å². The van der Waals surface area contributed by atoms with E-state index in [0.29, 0.717) is 25.3 Å². The summed E-state index contributed by atoms with van der Waals surface area (Å²) in [5.74, 6) is 1.50. The standard InChI is InChI=1S/C23H24N4O2/c1-15-5-4-6-20(16(15)2)26-23(28)27-12-11-21-18(14-27)13-24-22(25-21)17-7-9-19(29-3)10-8-17/h4-10,13H,11-12,14H2,1-3H3,(H,26,28). The molecule has 0 atom stereocenters. The van der Waals surface area contributed by atoms with E-state index >= 15 is 0 Å². The Bertz CT molecular complexity index is 1050. The third-order valence-electron chi connectivity index (χ3n) is 5.42. The van der Waals surface area contributed by atoms with Crippen molar-refractivity contribution >= 4 is 11.7 Å². The van der Waals surface area contributed by atoms with Crippen molar-refractivity contribution in [2.45, 2.75) is 26.8 Å². The first-order valence-corrected chi connectivity index (χ1v) is 9.66. The van der Waals surface area contributed by atoms with Crippen molar-refractivity contribution in [3.8, 4) is 17.1 Å². The summed E-state index contributed by atoms with van der Waals surface area (Å²) in [5, 5.41) is 3.03. The molecule has 148 valence electrons. The summed E-state index contributed by atoms with van der Waals surface area (Å²) < 4.78 is 5.20. The smallest absolute Gasteiger partial charge is 0.322 e. The maximum atomic E-state index is 12.8. The Morgan fingerprint density at radius 1 is 1.14 bits per heavy atom. The van der Waals surface area contributed by atoms with Crippen LogP contribution in [-0.2, 0) is 13.0 Å². The molecule has 2 heterocycles. The van der Waals surface area contributed by atoms with Crippen LogP contribution >= 0.6 is 0 Å². The number of anilines is 1. The molecule has 3 aromatic rings. The van der Waals surface area contributed by atoms with E-state index in [-0.39, 0.29) is 6.03 Å². The van der Waals surface area contributed by atoms with Gasteiger partial charge in [-0.05, 0) is 55.3 Å². The van der Waals surface area contributed by atoms with Crippen LogP contribution in [0.4, 0.5) is 10.5 Å². The molecule has 0 unspecified atom stereocenters. The Balaban J connectivity index is 1.48. The molecule has 1 aromatic heterocycles. The molecular formula is C23H24N4O2. The number of carbonyl (C=O) groups excluding carboxylic acids is 1. The van der Waals surface area contributed by atoms with Gasteiger partial charge in [0.1, 0.15) is 5.75 Å². The monoisotopic (exact) mass is 388 g/mol. The molecule has 0 spiro atoms. The Hall–Kier alpha value is -3.41. The highest BCUT2D eigenvalue weighted by atomic mass is 16.5. The third kappa shape index (κ3) is 3.92. The van der Waals surface area contributed by atoms with Crippen molar-refractivity contribution in [3.63, 3.8) is 0 Å². The fourth-order valence-corrected chi connectivity index (χ4v) is 3.45. The summed E-state index contributed by atoms with van der Waals surface area (Å²) in [6.45, 7) is 5.20. The second-order valence-corrected chi connectivity index (χ2v) is 7.24. The second kappa shape index (κ2) is 7.91. The van der Waals surface area contributed by atoms with Gasteiger partial charge in [-0.25, -0.2) is 14.8 Å². The number of ether oxygens (including phenoxy) is 1. The van der Waals surface area contributed by atoms with Gasteiger partial charge in [0.2, 0.25) is 0 Å². The third-order valence-corrected chi connectivity index (χ3v) is 5.42. The molecule has 2 amide bonds. The molecule has 4 rings (SSSR count). The number of hydrogen-bond acceptors (Lipinski definition) is 4. The van der Waals surface area contributed by atoms with Crippen molar-refractivity contribution in [1.82, 2.24) is 14.9 Å². The topological polar surface area (TPSA) is 67.4 Å². The summed E-state index contributed by atoms with van der Waals surface area (Å²) in [6.07, 6.45) is 2.54. The quantitative estimate of drug-likeness (QED) is 0.724. The number of nitrogens with zero attached hydrogens (tertiary/aromatic N) is 3. The van der Waals surface area contributed by atoms with Crippen LogP contribution in [0.1, 0.15) is 22.4 Å². The number of carbonyl (C=O) groups is 1. The SMILES string of the molecule is COc1ccc(-c2ncc3c(n2)CCN(C(=O)Nc2cccc(C)c2C)C3)cc1. The lowest BCUT2D eigenvalue weighted by molar-refractivity contribution is 0.206. The first-order chi connectivity index (χ1) is 14.0. The van der Waals surface area contributed by atoms with E-state index in [1.54, 1.807) is 12.0 Å². The number of aryl methyl sites for hydroxylation is 1. The van der Waals surface area contributed by atoms with Crippen LogP contribution in [0.5, 0.6) is 5.75 Å². The van der Waals surface area contributed by atoms with Gasteiger partial charge in [0.25, 0.3) is 0 Å². The second-order valence-electron chi connectivity index (χ2n) is 7.24. The zero-order valence-corrected chi connectivity index (χ0v) is 16.9. The molecule has 1 aliphatic rings. The number of urea groups is 1. The zero-order valence-electron chi connectivity index (χ0n) is 16.9. The first-order valence-electron chi connectivity index (χ1n) is 9.66. The molecule has 0 saturated carbocycles. The fourth-order valence-electron chi connectivity index (χ4n) is 3.45. The summed E-state index contributed by atoms with van der Waals surface area (Å²) in [5.41, 5.74) is 6.04. The van der Waals surface area contributed by atoms with Gasteiger partial charge in [0.15, 0.2) is 5.82 Å². The van der Waals surface area contributed by atoms with Crippen molar-refractivity contribution < 1.29 is 9.53 Å². The van der Waals surface area contributed by atoms with E-state index in [1.165, 1.54) is 0 Å². The average Bonchev–Trinajstić information content (AvgIpc) is 2.76. The van der Waals surface area contributed by atoms with Crippen LogP contribution in [0.3, 0.4) is 0 Å². The van der Waals surface area contributed by atoms with Crippen LogP contribution in [-0.4, -0.2) is 34.6 Å². The van der Waals surface area contributed by atoms with Crippen molar-refractivity contribution in [2.24, 2.45) is 0 Å². The fraction of sp³-hybridized carbons (Fsp3) is 0.261. The molecule has 0 radical (unpaired) electrons. The minimum Gasteiger partial charge on any atom is -0.497 e. The number of benzene rings is 2. The van der Waals surface area contributed by atoms with Crippen LogP contribution in [0, 0.1) is 13.8 Å². The van der Waals surface area contributed by atoms with E-state index < -0.39 is 0 Å². The van der Waals surface area contributed by atoms with Gasteiger partial charge in [0.05, 0.1) is 19.3 Å². The van der Waals surface area contributed by atoms with E-state index in [1.807, 2.05) is 62.5 Å². The number of fused-ring (bicyclic) bond motifs is 1. The molecule has 29 heavy (non-hydrogen) atoms. The lowest BCUT2D eigenvalue weighted by Gasteiger charge is -2.28. The van der Waals surface area contributed by atoms with Crippen LogP contribution in [0.2, 0.25) is 0 Å². The van der Waals surface area contributed by atoms with Crippen molar-refractivity contribution in [2.75, 3.05) is 19.0 Å². The van der Waals surface area contributed by atoms with Crippen LogP contribution < -0.4 is 10.1 Å². The first kappa shape index (κ1) is 18.9. The molecule has 2 aromatic carbocycles. The van der Waals surface area contributed by atoms with Gasteiger partial charge < -0.3 is 15.0 Å². The minimum atomic E-state index is -0.0939. The average molecular weight is 388 g/mol. The largest absolute Gasteiger partial charge is 0.497 e. The van der Waals surface area contributed by atoms with E-state index in [9.17, 15) is 4.79 Å². The number of nitrogens with one attached hydrogen (secondary N) is 1. The van der Waals surface area contributed by atoms with Gasteiger partial charge in [-0.1, -0.05) is 12.1 Å². The molecule has 0 aliphatic carbocycles. The predicted octanol–water partition coefficient (Wildman–Crippen LogP) is 4.36. The highest BCUT2D eigenvalue weighted by Gasteiger charge is 2.23. The zero-order chi connectivity index (χ0) is 20.4. The van der Waals surface area contributed by atoms with E-state index in [4.69, 9.17) is 9.72 Å². The minimum absolute atomic E-state index is 0.0939.